The van der Waals surface area contributed by atoms with Crippen LogP contribution in [0.1, 0.15) is 49.3 Å². The van der Waals surface area contributed by atoms with Crippen LogP contribution in [0.4, 0.5) is 0 Å². The minimum atomic E-state index is 0.169. The van der Waals surface area contributed by atoms with Gasteiger partial charge in [-0.15, -0.1) is 11.8 Å². The molecule has 58 heavy (non-hydrogen) atoms. The van der Waals surface area contributed by atoms with Crippen LogP contribution >= 0.6 is 11.8 Å². The quantitative estimate of drug-likeness (QED) is 0.175. The van der Waals surface area contributed by atoms with Gasteiger partial charge >= 0.3 is 0 Å². The molecule has 4 heterocycles. The molecular weight excluding hydrogens is 725 g/mol. The Kier molecular flexibility index (Phi) is 7.97. The zero-order valence-corrected chi connectivity index (χ0v) is 32.9. The van der Waals surface area contributed by atoms with Crippen molar-refractivity contribution < 1.29 is 0 Å². The maximum absolute atomic E-state index is 5.62. The van der Waals surface area contributed by atoms with Crippen LogP contribution in [0.5, 0.6) is 0 Å². The predicted molar refractivity (Wildman–Crippen MR) is 243 cm³/mol. The van der Waals surface area contributed by atoms with Crippen molar-refractivity contribution in [3.63, 3.8) is 0 Å². The molecule has 3 unspecified atom stereocenters. The van der Waals surface area contributed by atoms with Crippen LogP contribution in [0.3, 0.4) is 0 Å². The van der Waals surface area contributed by atoms with Gasteiger partial charge in [0.05, 0.1) is 39.1 Å². The van der Waals surface area contributed by atoms with Gasteiger partial charge in [-0.3, -0.25) is 4.99 Å². The van der Waals surface area contributed by atoms with Gasteiger partial charge in [-0.1, -0.05) is 134 Å². The van der Waals surface area contributed by atoms with Gasteiger partial charge in [0.15, 0.2) is 5.82 Å². The number of rotatable bonds is 5. The highest BCUT2D eigenvalue weighted by Gasteiger charge is 2.42. The first-order chi connectivity index (χ1) is 28.8. The van der Waals surface area contributed by atoms with E-state index in [1.165, 1.54) is 66.3 Å². The third kappa shape index (κ3) is 5.40. The minimum absolute atomic E-state index is 0.169. The van der Waals surface area contributed by atoms with E-state index in [0.717, 1.165) is 65.4 Å². The number of allylic oxidation sites excluding steroid dienone is 10. The van der Waals surface area contributed by atoms with E-state index in [2.05, 4.69) is 168 Å². The third-order valence-electron chi connectivity index (χ3n) is 12.7. The normalized spacial score (nSPS) is 20.9. The number of thioether (sulfide) groups is 1. The summed E-state index contributed by atoms with van der Waals surface area (Å²) < 4.78 is 2.37. The number of nitrogens with zero attached hydrogens (tertiary/aromatic N) is 4. The number of benzene rings is 5. The molecule has 0 saturated heterocycles. The number of aliphatic imine (C=N–C) groups is 1. The molecule has 0 spiro atoms. The summed E-state index contributed by atoms with van der Waals surface area (Å²) in [6, 6.07) is 41.8. The van der Waals surface area contributed by atoms with Crippen molar-refractivity contribution in [2.45, 2.75) is 43.3 Å². The third-order valence-corrected chi connectivity index (χ3v) is 14.1. The fourth-order valence-corrected chi connectivity index (χ4v) is 11.5. The number of para-hydroxylation sites is 2. The molecule has 278 valence electrons. The lowest BCUT2D eigenvalue weighted by Gasteiger charge is -2.33. The largest absolute Gasteiger partial charge is 0.309 e. The Morgan fingerprint density at radius 3 is 2.22 bits per heavy atom. The second kappa shape index (κ2) is 13.7. The molecule has 2 aliphatic heterocycles. The van der Waals surface area contributed by atoms with Crippen molar-refractivity contribution >= 4 is 55.7 Å². The molecule has 7 aromatic rings. The molecule has 0 amide bonds. The first-order valence-electron chi connectivity index (χ1n) is 20.7. The summed E-state index contributed by atoms with van der Waals surface area (Å²) in [5.41, 5.74) is 14.1. The lowest BCUT2D eigenvalue weighted by molar-refractivity contribution is 0.590. The second-order valence-electron chi connectivity index (χ2n) is 16.0. The summed E-state index contributed by atoms with van der Waals surface area (Å²) >= 11 is 2.05. The molecule has 0 radical (unpaired) electrons. The van der Waals surface area contributed by atoms with Crippen LogP contribution in [0.2, 0.25) is 0 Å². The highest BCUT2D eigenvalue weighted by atomic mass is 32.2. The topological polar surface area (TPSA) is 43.1 Å². The van der Waals surface area contributed by atoms with E-state index >= 15 is 0 Å². The highest BCUT2D eigenvalue weighted by Crippen LogP contribution is 2.52. The van der Waals surface area contributed by atoms with Gasteiger partial charge in [-0.25, -0.2) is 9.97 Å². The van der Waals surface area contributed by atoms with E-state index in [4.69, 9.17) is 15.0 Å². The maximum atomic E-state index is 5.62. The fraction of sp³-hybridized carbons (Fsp3) is 0.151. The molecule has 12 rings (SSSR count). The molecule has 0 saturated carbocycles. The average Bonchev–Trinajstić information content (AvgIpc) is 3.85. The van der Waals surface area contributed by atoms with Crippen LogP contribution in [0.25, 0.3) is 66.6 Å². The maximum Gasteiger partial charge on any atom is 0.160 e. The molecule has 3 atom stereocenters. The smallest absolute Gasteiger partial charge is 0.160 e. The predicted octanol–water partition coefficient (Wildman–Crippen LogP) is 13.5. The van der Waals surface area contributed by atoms with Crippen molar-refractivity contribution in [2.75, 3.05) is 0 Å². The Labute approximate surface area is 342 Å². The Bertz CT molecular complexity index is 3040. The highest BCUT2D eigenvalue weighted by molar-refractivity contribution is 8.05. The lowest BCUT2D eigenvalue weighted by atomic mass is 9.78. The zero-order chi connectivity index (χ0) is 38.2. The van der Waals surface area contributed by atoms with Gasteiger partial charge in [0, 0.05) is 49.9 Å². The van der Waals surface area contributed by atoms with Crippen LogP contribution in [-0.4, -0.2) is 25.5 Å². The van der Waals surface area contributed by atoms with Gasteiger partial charge in [0.2, 0.25) is 0 Å². The van der Waals surface area contributed by atoms with E-state index in [1.807, 2.05) is 11.8 Å². The summed E-state index contributed by atoms with van der Waals surface area (Å²) in [7, 11) is 0. The Morgan fingerprint density at radius 1 is 0.655 bits per heavy atom. The van der Waals surface area contributed by atoms with Gasteiger partial charge in [-0.05, 0) is 84.4 Å². The van der Waals surface area contributed by atoms with Crippen molar-refractivity contribution in [1.29, 1.82) is 0 Å². The summed E-state index contributed by atoms with van der Waals surface area (Å²) in [6.07, 6.45) is 23.6. The Morgan fingerprint density at radius 2 is 1.41 bits per heavy atom. The molecule has 2 aromatic heterocycles. The summed E-state index contributed by atoms with van der Waals surface area (Å²) in [5.74, 6) is 1.38. The van der Waals surface area contributed by atoms with Crippen molar-refractivity contribution in [1.82, 2.24) is 14.5 Å². The SMILES string of the molecule is C1=CCC(c2cc(-c3ccc(C4=C5C=CCCC5C5SC6=C(CCC=C6)C5=N4)c4ccccc34)nc(-c3cccc(-n4c5ccccc5c5ccccc54)c3)n2)C=C1. The minimum Gasteiger partial charge on any atom is -0.309 e. The second-order valence-corrected chi connectivity index (χ2v) is 17.2. The first kappa shape index (κ1) is 33.8. The first-order valence-corrected chi connectivity index (χ1v) is 21.5. The molecule has 0 N–H and O–H groups in total. The van der Waals surface area contributed by atoms with Gasteiger partial charge in [0.25, 0.3) is 0 Å². The average molecular weight is 765 g/mol. The zero-order valence-electron chi connectivity index (χ0n) is 32.1. The van der Waals surface area contributed by atoms with Crippen molar-refractivity contribution in [3.8, 4) is 28.3 Å². The number of hydrogen-bond donors (Lipinski definition) is 0. The standard InChI is InChI=1S/C53H40N4S/c1-2-15-33(16-3-1)45-32-46(55-53(54-45)34-17-14-18-35(31-34)57-47-26-11-8-21-39(47)40-22-9-12-27-48(40)57)38-29-30-42(37-20-5-4-19-36(37)38)50-41-23-6-7-24-43(41)52-51(56-50)44-25-10-13-28-49(44)58-52/h1-6,8-9,11-15,17-23,26-33,43,52H,7,10,16,24-25H2. The van der Waals surface area contributed by atoms with E-state index in [1.54, 1.807) is 0 Å². The lowest BCUT2D eigenvalue weighted by Crippen LogP contribution is -2.31. The molecular formula is C53H40N4S. The summed E-state index contributed by atoms with van der Waals surface area (Å²) in [5, 5.41) is 5.30. The molecule has 5 aliphatic rings. The van der Waals surface area contributed by atoms with Crippen LogP contribution in [0, 0.1) is 5.92 Å². The van der Waals surface area contributed by atoms with Crippen molar-refractivity contribution in [3.05, 3.63) is 191 Å². The summed E-state index contributed by atoms with van der Waals surface area (Å²) in [4.78, 5) is 17.8. The van der Waals surface area contributed by atoms with Crippen molar-refractivity contribution in [2.24, 2.45) is 10.9 Å². The summed E-state index contributed by atoms with van der Waals surface area (Å²) in [6.45, 7) is 0. The van der Waals surface area contributed by atoms with Crippen LogP contribution in [-0.2, 0) is 0 Å². The molecule has 5 aromatic carbocycles. The van der Waals surface area contributed by atoms with E-state index in [9.17, 15) is 0 Å². The Balaban J connectivity index is 1.02. The molecule has 0 fully saturated rings. The molecule has 4 nitrogen and oxygen atoms in total. The van der Waals surface area contributed by atoms with E-state index < -0.39 is 0 Å². The molecule has 5 heteroatoms. The monoisotopic (exact) mass is 764 g/mol. The number of fused-ring (bicyclic) bond motifs is 8. The fourth-order valence-electron chi connectivity index (χ4n) is 9.95. The van der Waals surface area contributed by atoms with Gasteiger partial charge in [-0.2, -0.15) is 0 Å². The number of hydrogen-bond acceptors (Lipinski definition) is 4. The Hall–Kier alpha value is -6.30. The number of aromatic nitrogens is 3. The van der Waals surface area contributed by atoms with E-state index in [0.29, 0.717) is 11.2 Å². The van der Waals surface area contributed by atoms with Gasteiger partial charge < -0.3 is 4.57 Å². The van der Waals surface area contributed by atoms with Crippen LogP contribution in [0.15, 0.2) is 185 Å². The molecule has 3 aliphatic carbocycles. The van der Waals surface area contributed by atoms with E-state index in [-0.39, 0.29) is 5.92 Å². The molecule has 0 bridgehead atoms. The van der Waals surface area contributed by atoms with Gasteiger partial charge in [0.1, 0.15) is 0 Å². The van der Waals surface area contributed by atoms with Crippen LogP contribution < -0.4 is 0 Å².